The lowest BCUT2D eigenvalue weighted by Crippen LogP contribution is -2.43. The summed E-state index contributed by atoms with van der Waals surface area (Å²) in [5.74, 6) is -1.42. The third-order valence-electron chi connectivity index (χ3n) is 4.45. The summed E-state index contributed by atoms with van der Waals surface area (Å²) in [6, 6.07) is 9.48. The van der Waals surface area contributed by atoms with E-state index in [1.165, 1.54) is 11.1 Å². The van der Waals surface area contributed by atoms with Gasteiger partial charge in [0.15, 0.2) is 12.1 Å². The lowest BCUT2D eigenvalue weighted by atomic mass is 10.1. The van der Waals surface area contributed by atoms with Crippen molar-refractivity contribution in [3.8, 4) is 0 Å². The molecule has 29 heavy (non-hydrogen) atoms. The number of amides is 3. The molecule has 1 fully saturated rings. The van der Waals surface area contributed by atoms with Crippen LogP contribution in [0.5, 0.6) is 0 Å². The van der Waals surface area contributed by atoms with Crippen LogP contribution in [0.3, 0.4) is 0 Å². The van der Waals surface area contributed by atoms with E-state index in [0.29, 0.717) is 16.4 Å². The zero-order valence-electron chi connectivity index (χ0n) is 14.6. The fourth-order valence-corrected chi connectivity index (χ4v) is 3.85. The van der Waals surface area contributed by atoms with Crippen LogP contribution in [0.25, 0.3) is 0 Å². The van der Waals surface area contributed by atoms with Crippen LogP contribution < -0.4 is 10.2 Å². The largest absolute Gasteiger partial charge is 0.323 e. The van der Waals surface area contributed by atoms with E-state index in [9.17, 15) is 14.4 Å². The number of rotatable bonds is 4. The summed E-state index contributed by atoms with van der Waals surface area (Å²) in [6.07, 6.45) is 0. The van der Waals surface area contributed by atoms with E-state index in [1.807, 2.05) is 0 Å². The van der Waals surface area contributed by atoms with Crippen molar-refractivity contribution in [1.29, 1.82) is 0 Å². The number of carbonyl (C=O) groups excluding carboxylic acids is 3. The molecule has 0 bridgehead atoms. The SMILES string of the molecule is O=C(CN1N=N[C@@H]2C(=O)N(c3ccc(Br)cc3)C(=O)[C@H]21)Nc1ccc(Cl)cc1Cl. The average molecular weight is 497 g/mol. The van der Waals surface area contributed by atoms with Gasteiger partial charge in [-0.3, -0.25) is 19.4 Å². The molecule has 0 unspecified atom stereocenters. The maximum absolute atomic E-state index is 12.9. The molecule has 2 aliphatic heterocycles. The van der Waals surface area contributed by atoms with Gasteiger partial charge in [-0.15, -0.1) is 0 Å². The van der Waals surface area contributed by atoms with Gasteiger partial charge in [-0.1, -0.05) is 44.4 Å². The highest BCUT2D eigenvalue weighted by atomic mass is 79.9. The van der Waals surface area contributed by atoms with Gasteiger partial charge in [0.25, 0.3) is 11.8 Å². The predicted octanol–water partition coefficient (Wildman–Crippen LogP) is 3.69. The van der Waals surface area contributed by atoms with Gasteiger partial charge in [0.1, 0.15) is 6.54 Å². The van der Waals surface area contributed by atoms with Crippen molar-refractivity contribution < 1.29 is 14.4 Å². The number of halogens is 3. The first kappa shape index (κ1) is 19.8. The summed E-state index contributed by atoms with van der Waals surface area (Å²) in [7, 11) is 0. The summed E-state index contributed by atoms with van der Waals surface area (Å²) in [6.45, 7) is -0.267. The Morgan fingerprint density at radius 3 is 2.52 bits per heavy atom. The standard InChI is InChI=1S/C18H12BrCl2N5O3/c19-9-1-4-11(5-2-9)26-17(28)15-16(18(26)29)25(24-23-15)8-14(27)22-13-6-3-10(20)7-12(13)21/h1-7,15-16H,8H2,(H,22,27)/t15-,16-/m0/s1. The number of imide groups is 1. The molecule has 0 saturated carbocycles. The molecule has 2 heterocycles. The molecule has 0 spiro atoms. The first-order valence-corrected chi connectivity index (χ1v) is 9.96. The minimum absolute atomic E-state index is 0.267. The molecule has 2 aromatic rings. The van der Waals surface area contributed by atoms with Crippen molar-refractivity contribution in [2.24, 2.45) is 10.3 Å². The molecule has 0 radical (unpaired) electrons. The molecule has 1 N–H and O–H groups in total. The highest BCUT2D eigenvalue weighted by Gasteiger charge is 2.55. The van der Waals surface area contributed by atoms with Crippen molar-refractivity contribution in [1.82, 2.24) is 5.01 Å². The van der Waals surface area contributed by atoms with E-state index in [2.05, 4.69) is 31.6 Å². The molecular weight excluding hydrogens is 485 g/mol. The Hall–Kier alpha value is -2.49. The van der Waals surface area contributed by atoms with Gasteiger partial charge in [0.2, 0.25) is 5.91 Å². The average Bonchev–Trinajstić information content (AvgIpc) is 3.19. The van der Waals surface area contributed by atoms with Gasteiger partial charge in [0, 0.05) is 9.50 Å². The highest BCUT2D eigenvalue weighted by molar-refractivity contribution is 9.10. The molecule has 1 saturated heterocycles. The molecule has 2 aromatic carbocycles. The Labute approximate surface area is 183 Å². The number of benzene rings is 2. The van der Waals surface area contributed by atoms with Crippen LogP contribution in [0.15, 0.2) is 57.3 Å². The van der Waals surface area contributed by atoms with Crippen molar-refractivity contribution in [2.75, 3.05) is 16.8 Å². The molecule has 11 heteroatoms. The number of hydrogen-bond donors (Lipinski definition) is 1. The predicted molar refractivity (Wildman–Crippen MR) is 111 cm³/mol. The van der Waals surface area contributed by atoms with Crippen LogP contribution in [0, 0.1) is 0 Å². The molecular formula is C18H12BrCl2N5O3. The normalized spacial score (nSPS) is 20.4. The van der Waals surface area contributed by atoms with Crippen molar-refractivity contribution in [2.45, 2.75) is 12.1 Å². The van der Waals surface area contributed by atoms with Crippen LogP contribution in [0.1, 0.15) is 0 Å². The Bertz CT molecular complexity index is 1050. The molecule has 0 aliphatic carbocycles. The zero-order valence-corrected chi connectivity index (χ0v) is 17.6. The van der Waals surface area contributed by atoms with Gasteiger partial charge in [0.05, 0.1) is 16.4 Å². The Kier molecular flexibility index (Phi) is 5.28. The summed E-state index contributed by atoms with van der Waals surface area (Å²) >= 11 is 15.2. The van der Waals surface area contributed by atoms with E-state index in [1.54, 1.807) is 36.4 Å². The summed E-state index contributed by atoms with van der Waals surface area (Å²) < 4.78 is 0.819. The minimum atomic E-state index is -0.974. The molecule has 148 valence electrons. The Morgan fingerprint density at radius 2 is 1.83 bits per heavy atom. The number of hydrogen-bond acceptors (Lipinski definition) is 6. The maximum atomic E-state index is 12.9. The van der Waals surface area contributed by atoms with Gasteiger partial charge >= 0.3 is 0 Å². The molecule has 2 aliphatic rings. The van der Waals surface area contributed by atoms with Crippen LogP contribution >= 0.6 is 39.1 Å². The summed E-state index contributed by atoms with van der Waals surface area (Å²) in [5, 5.41) is 12.3. The minimum Gasteiger partial charge on any atom is -0.323 e. The topological polar surface area (TPSA) is 94.4 Å². The number of fused-ring (bicyclic) bond motifs is 1. The second-order valence-electron chi connectivity index (χ2n) is 6.35. The monoisotopic (exact) mass is 495 g/mol. The van der Waals surface area contributed by atoms with Crippen molar-refractivity contribution in [3.05, 3.63) is 57.0 Å². The quantitative estimate of drug-likeness (QED) is 0.653. The summed E-state index contributed by atoms with van der Waals surface area (Å²) in [4.78, 5) is 39.0. The maximum Gasteiger partial charge on any atom is 0.263 e. The second kappa shape index (κ2) is 7.74. The van der Waals surface area contributed by atoms with Crippen LogP contribution in [-0.4, -0.2) is 41.4 Å². The molecule has 0 aromatic heterocycles. The van der Waals surface area contributed by atoms with E-state index >= 15 is 0 Å². The molecule has 2 atom stereocenters. The summed E-state index contributed by atoms with van der Waals surface area (Å²) in [5.41, 5.74) is 0.809. The molecule has 4 rings (SSSR count). The fourth-order valence-electron chi connectivity index (χ4n) is 3.13. The lowest BCUT2D eigenvalue weighted by Gasteiger charge is -2.20. The fraction of sp³-hybridized carbons (Fsp3) is 0.167. The van der Waals surface area contributed by atoms with E-state index in [-0.39, 0.29) is 11.6 Å². The van der Waals surface area contributed by atoms with E-state index in [4.69, 9.17) is 23.2 Å². The first-order chi connectivity index (χ1) is 13.8. The zero-order chi connectivity index (χ0) is 20.7. The molecule has 3 amide bonds. The van der Waals surface area contributed by atoms with Gasteiger partial charge < -0.3 is 5.32 Å². The Balaban J connectivity index is 1.49. The van der Waals surface area contributed by atoms with Crippen molar-refractivity contribution in [3.63, 3.8) is 0 Å². The lowest BCUT2D eigenvalue weighted by molar-refractivity contribution is -0.123. The van der Waals surface area contributed by atoms with Crippen LogP contribution in [0.2, 0.25) is 10.0 Å². The van der Waals surface area contributed by atoms with Gasteiger partial charge in [-0.2, -0.15) is 5.11 Å². The Morgan fingerprint density at radius 1 is 1.10 bits per heavy atom. The third kappa shape index (κ3) is 3.73. The smallest absolute Gasteiger partial charge is 0.263 e. The highest BCUT2D eigenvalue weighted by Crippen LogP contribution is 2.32. The number of anilines is 2. The third-order valence-corrected chi connectivity index (χ3v) is 5.53. The van der Waals surface area contributed by atoms with E-state index < -0.39 is 29.8 Å². The van der Waals surface area contributed by atoms with E-state index in [0.717, 1.165) is 9.37 Å². The van der Waals surface area contributed by atoms with Gasteiger partial charge in [-0.25, -0.2) is 4.90 Å². The second-order valence-corrected chi connectivity index (χ2v) is 8.11. The molecule has 8 nitrogen and oxygen atoms in total. The number of nitrogens with one attached hydrogen (secondary N) is 1. The number of carbonyl (C=O) groups is 3. The first-order valence-electron chi connectivity index (χ1n) is 8.41. The van der Waals surface area contributed by atoms with Gasteiger partial charge in [-0.05, 0) is 42.5 Å². The van der Waals surface area contributed by atoms with Crippen molar-refractivity contribution >= 4 is 68.2 Å². The van der Waals surface area contributed by atoms with Crippen LogP contribution in [-0.2, 0) is 14.4 Å². The van der Waals surface area contributed by atoms with Crippen LogP contribution in [0.4, 0.5) is 11.4 Å². The number of nitrogens with zero attached hydrogens (tertiary/aromatic N) is 4.